The Morgan fingerprint density at radius 3 is 2.56 bits per heavy atom. The molecule has 0 radical (unpaired) electrons. The molecule has 6 heteroatoms. The Morgan fingerprint density at radius 2 is 1.81 bits per heavy atom. The van der Waals surface area contributed by atoms with Crippen LogP contribution in [0.4, 0.5) is 0 Å². The first-order valence-electron chi connectivity index (χ1n) is 8.89. The minimum Gasteiger partial charge on any atom is -0.350 e. The molecule has 0 saturated carbocycles. The second-order valence-corrected chi connectivity index (χ2v) is 7.13. The van der Waals surface area contributed by atoms with Crippen LogP contribution in [0.5, 0.6) is 0 Å². The lowest BCUT2D eigenvalue weighted by molar-refractivity contribution is -0.121. The molecule has 5 nitrogen and oxygen atoms in total. The molecule has 140 valence electrons. The lowest BCUT2D eigenvalue weighted by Gasteiger charge is -2.17. The fourth-order valence-corrected chi connectivity index (χ4v) is 3.52. The van der Waals surface area contributed by atoms with Crippen molar-refractivity contribution in [2.24, 2.45) is 0 Å². The Morgan fingerprint density at radius 1 is 1.11 bits per heavy atom. The Labute approximate surface area is 163 Å². The fraction of sp³-hybridized carbons (Fsp3) is 0.286. The molecular formula is C21H21ClN2O3. The van der Waals surface area contributed by atoms with Gasteiger partial charge in [-0.3, -0.25) is 19.3 Å². The number of halogens is 1. The minimum absolute atomic E-state index is 0.144. The first-order valence-corrected chi connectivity index (χ1v) is 9.27. The maximum atomic E-state index is 12.4. The number of nitrogens with zero attached hydrogens (tertiary/aromatic N) is 1. The van der Waals surface area contributed by atoms with Gasteiger partial charge in [0, 0.05) is 18.0 Å². The molecule has 0 spiro atoms. The molecule has 1 aliphatic rings. The third kappa shape index (κ3) is 4.03. The summed E-state index contributed by atoms with van der Waals surface area (Å²) in [5.41, 5.74) is 2.66. The predicted molar refractivity (Wildman–Crippen MR) is 104 cm³/mol. The Kier molecular flexibility index (Phi) is 5.61. The monoisotopic (exact) mass is 384 g/mol. The number of rotatable bonds is 6. The molecule has 0 bridgehead atoms. The average molecular weight is 385 g/mol. The van der Waals surface area contributed by atoms with E-state index in [1.54, 1.807) is 18.2 Å². The van der Waals surface area contributed by atoms with E-state index in [4.69, 9.17) is 11.6 Å². The number of hydrogen-bond donors (Lipinski definition) is 1. The van der Waals surface area contributed by atoms with Gasteiger partial charge in [0.05, 0.1) is 17.2 Å². The van der Waals surface area contributed by atoms with Gasteiger partial charge < -0.3 is 5.32 Å². The Balaban J connectivity index is 1.53. The lowest BCUT2D eigenvalue weighted by Crippen LogP contribution is -2.32. The molecule has 3 rings (SSSR count). The molecule has 3 amide bonds. The summed E-state index contributed by atoms with van der Waals surface area (Å²) >= 11 is 6.15. The van der Waals surface area contributed by atoms with Crippen LogP contribution in [0.3, 0.4) is 0 Å². The molecule has 1 atom stereocenters. The second kappa shape index (κ2) is 7.92. The number of benzene rings is 2. The van der Waals surface area contributed by atoms with Crippen molar-refractivity contribution in [2.45, 2.75) is 32.7 Å². The van der Waals surface area contributed by atoms with E-state index in [0.717, 1.165) is 11.1 Å². The van der Waals surface area contributed by atoms with Crippen LogP contribution < -0.4 is 5.32 Å². The molecule has 1 unspecified atom stereocenters. The maximum absolute atomic E-state index is 12.4. The highest BCUT2D eigenvalue weighted by molar-refractivity contribution is 6.31. The number of amides is 3. The molecular weight excluding hydrogens is 364 g/mol. The zero-order chi connectivity index (χ0) is 19.6. The number of fused-ring (bicyclic) bond motifs is 1. The summed E-state index contributed by atoms with van der Waals surface area (Å²) in [7, 11) is 0. The van der Waals surface area contributed by atoms with Gasteiger partial charge in [-0.15, -0.1) is 0 Å². The van der Waals surface area contributed by atoms with Gasteiger partial charge in [-0.25, -0.2) is 0 Å². The molecule has 2 aromatic rings. The lowest BCUT2D eigenvalue weighted by atomic mass is 10.1. The summed E-state index contributed by atoms with van der Waals surface area (Å²) < 4.78 is 0. The number of hydrogen-bond acceptors (Lipinski definition) is 3. The van der Waals surface area contributed by atoms with Gasteiger partial charge in [0.1, 0.15) is 0 Å². The first-order chi connectivity index (χ1) is 12.9. The maximum Gasteiger partial charge on any atom is 0.261 e. The van der Waals surface area contributed by atoms with Gasteiger partial charge in [0.25, 0.3) is 11.8 Å². The van der Waals surface area contributed by atoms with Crippen molar-refractivity contribution >= 4 is 29.3 Å². The number of carbonyl (C=O) groups is 3. The van der Waals surface area contributed by atoms with Crippen LogP contribution in [0.2, 0.25) is 5.02 Å². The highest BCUT2D eigenvalue weighted by Crippen LogP contribution is 2.24. The van der Waals surface area contributed by atoms with Crippen LogP contribution >= 0.6 is 11.6 Å². The molecule has 1 aliphatic heterocycles. The normalized spacial score (nSPS) is 14.3. The number of nitrogens with one attached hydrogen (secondary N) is 1. The van der Waals surface area contributed by atoms with Crippen LogP contribution in [-0.2, 0) is 4.79 Å². The van der Waals surface area contributed by atoms with Gasteiger partial charge in [-0.05, 0) is 44.0 Å². The van der Waals surface area contributed by atoms with Crippen LogP contribution in [0.15, 0.2) is 42.5 Å². The van der Waals surface area contributed by atoms with Gasteiger partial charge in [0.15, 0.2) is 0 Å². The zero-order valence-corrected chi connectivity index (χ0v) is 16.0. The van der Waals surface area contributed by atoms with Crippen molar-refractivity contribution in [2.75, 3.05) is 6.54 Å². The summed E-state index contributed by atoms with van der Waals surface area (Å²) in [4.78, 5) is 38.2. The van der Waals surface area contributed by atoms with Crippen molar-refractivity contribution < 1.29 is 14.4 Å². The fourth-order valence-electron chi connectivity index (χ4n) is 3.22. The van der Waals surface area contributed by atoms with Crippen LogP contribution in [0.25, 0.3) is 0 Å². The molecule has 1 heterocycles. The summed E-state index contributed by atoms with van der Waals surface area (Å²) in [5.74, 6) is -0.724. The SMILES string of the molecule is Cc1ccc2c(c1)C(=O)N(CCCC(=O)NC(C)c1ccccc1Cl)C2=O. The van der Waals surface area contributed by atoms with E-state index in [0.29, 0.717) is 22.6 Å². The number of imide groups is 1. The molecule has 0 saturated heterocycles. The van der Waals surface area contributed by atoms with E-state index in [9.17, 15) is 14.4 Å². The summed E-state index contributed by atoms with van der Waals surface area (Å²) in [6.45, 7) is 3.97. The van der Waals surface area contributed by atoms with Gasteiger partial charge in [-0.2, -0.15) is 0 Å². The molecule has 1 N–H and O–H groups in total. The summed E-state index contributed by atoms with van der Waals surface area (Å²) in [5, 5.41) is 3.50. The molecule has 0 fully saturated rings. The number of carbonyl (C=O) groups excluding carboxylic acids is 3. The van der Waals surface area contributed by atoms with E-state index >= 15 is 0 Å². The summed E-state index contributed by atoms with van der Waals surface area (Å²) in [6, 6.07) is 12.4. The van der Waals surface area contributed by atoms with Crippen LogP contribution in [0, 0.1) is 6.92 Å². The topological polar surface area (TPSA) is 66.5 Å². The largest absolute Gasteiger partial charge is 0.350 e. The van der Waals surface area contributed by atoms with Crippen molar-refractivity contribution in [1.82, 2.24) is 10.2 Å². The van der Waals surface area contributed by atoms with E-state index in [-0.39, 0.29) is 36.7 Å². The minimum atomic E-state index is -0.292. The van der Waals surface area contributed by atoms with Gasteiger partial charge in [-0.1, -0.05) is 41.4 Å². The van der Waals surface area contributed by atoms with E-state index in [1.165, 1.54) is 4.90 Å². The van der Waals surface area contributed by atoms with Crippen molar-refractivity contribution in [1.29, 1.82) is 0 Å². The van der Waals surface area contributed by atoms with Crippen molar-refractivity contribution in [3.63, 3.8) is 0 Å². The Bertz CT molecular complexity index is 910. The summed E-state index contributed by atoms with van der Waals surface area (Å²) in [6.07, 6.45) is 0.632. The van der Waals surface area contributed by atoms with Crippen molar-refractivity contribution in [3.05, 3.63) is 69.7 Å². The van der Waals surface area contributed by atoms with Crippen molar-refractivity contribution in [3.8, 4) is 0 Å². The van der Waals surface area contributed by atoms with Gasteiger partial charge >= 0.3 is 0 Å². The van der Waals surface area contributed by atoms with E-state index in [1.807, 2.05) is 38.1 Å². The molecule has 2 aromatic carbocycles. The zero-order valence-electron chi connectivity index (χ0n) is 15.3. The highest BCUT2D eigenvalue weighted by atomic mass is 35.5. The second-order valence-electron chi connectivity index (χ2n) is 6.73. The standard InChI is InChI=1S/C21H21ClN2O3/c1-13-9-10-16-17(12-13)21(27)24(20(16)26)11-5-8-19(25)23-14(2)15-6-3-4-7-18(15)22/h3-4,6-7,9-10,12,14H,5,8,11H2,1-2H3,(H,23,25). The third-order valence-electron chi connectivity index (χ3n) is 4.66. The van der Waals surface area contributed by atoms with E-state index < -0.39 is 0 Å². The smallest absolute Gasteiger partial charge is 0.261 e. The van der Waals surface area contributed by atoms with Crippen LogP contribution in [-0.4, -0.2) is 29.2 Å². The number of aryl methyl sites for hydroxylation is 1. The molecule has 0 aromatic heterocycles. The first kappa shape index (κ1) is 19.1. The molecule has 27 heavy (non-hydrogen) atoms. The Hall–Kier alpha value is -2.66. The van der Waals surface area contributed by atoms with Gasteiger partial charge in [0.2, 0.25) is 5.91 Å². The quantitative estimate of drug-likeness (QED) is 0.768. The van der Waals surface area contributed by atoms with E-state index in [2.05, 4.69) is 5.32 Å². The highest BCUT2D eigenvalue weighted by Gasteiger charge is 2.34. The average Bonchev–Trinajstić information content (AvgIpc) is 2.86. The van der Waals surface area contributed by atoms with Crippen LogP contribution in [0.1, 0.15) is 57.7 Å². The third-order valence-corrected chi connectivity index (χ3v) is 5.01. The molecule has 0 aliphatic carbocycles. The predicted octanol–water partition coefficient (Wildman–Crippen LogP) is 3.90.